The van der Waals surface area contributed by atoms with Crippen LogP contribution in [0.15, 0.2) is 18.2 Å². The summed E-state index contributed by atoms with van der Waals surface area (Å²) in [6.07, 6.45) is 0.0735. The summed E-state index contributed by atoms with van der Waals surface area (Å²) in [7, 11) is 1.31. The molecule has 0 bridgehead atoms. The van der Waals surface area contributed by atoms with Gasteiger partial charge in [-0.3, -0.25) is 9.59 Å². The summed E-state index contributed by atoms with van der Waals surface area (Å²) < 4.78 is 9.70. The van der Waals surface area contributed by atoms with Gasteiger partial charge in [-0.1, -0.05) is 23.2 Å². The van der Waals surface area contributed by atoms with Gasteiger partial charge in [0.25, 0.3) is 0 Å². The standard InChI is InChI=1S/C18H21Cl2NO5/c1-3-26-17(23)10-16(22)11-4-5-21(18(24)25-2)15(8-11)12-6-13(19)9-14(20)7-12/h6-7,9,11,15H,3-5,8,10H2,1-2H3/t11-,15+/m0/s1. The maximum atomic E-state index is 12.5. The van der Waals surface area contributed by atoms with Gasteiger partial charge in [0.2, 0.25) is 0 Å². The first-order chi connectivity index (χ1) is 12.3. The van der Waals surface area contributed by atoms with Gasteiger partial charge in [-0.2, -0.15) is 0 Å². The van der Waals surface area contributed by atoms with Crippen LogP contribution >= 0.6 is 23.2 Å². The molecule has 1 amide bonds. The molecular weight excluding hydrogens is 381 g/mol. The third-order valence-corrected chi connectivity index (χ3v) is 4.80. The molecule has 0 saturated carbocycles. The van der Waals surface area contributed by atoms with E-state index in [1.54, 1.807) is 30.0 Å². The summed E-state index contributed by atoms with van der Waals surface area (Å²) in [6, 6.07) is 4.61. The number of nitrogens with zero attached hydrogens (tertiary/aromatic N) is 1. The van der Waals surface area contributed by atoms with Crippen LogP contribution in [0.3, 0.4) is 0 Å². The smallest absolute Gasteiger partial charge is 0.409 e. The maximum absolute atomic E-state index is 12.5. The van der Waals surface area contributed by atoms with Crippen molar-refractivity contribution in [2.45, 2.75) is 32.2 Å². The lowest BCUT2D eigenvalue weighted by Gasteiger charge is -2.38. The third-order valence-electron chi connectivity index (χ3n) is 4.36. The molecule has 1 aliphatic heterocycles. The van der Waals surface area contributed by atoms with Gasteiger partial charge in [0.05, 0.1) is 19.8 Å². The SMILES string of the molecule is CCOC(=O)CC(=O)[C@H]1CCN(C(=O)OC)[C@@H](c2cc(Cl)cc(Cl)c2)C1. The zero-order valence-electron chi connectivity index (χ0n) is 14.7. The van der Waals surface area contributed by atoms with Crippen LogP contribution in [0.5, 0.6) is 0 Å². The summed E-state index contributed by atoms with van der Waals surface area (Å²) in [5, 5.41) is 0.884. The van der Waals surface area contributed by atoms with E-state index in [2.05, 4.69) is 0 Å². The van der Waals surface area contributed by atoms with E-state index in [1.807, 2.05) is 0 Å². The molecular formula is C18H21Cl2NO5. The molecule has 1 heterocycles. The average Bonchev–Trinajstić information content (AvgIpc) is 2.59. The Hall–Kier alpha value is -1.79. The maximum Gasteiger partial charge on any atom is 0.409 e. The molecule has 26 heavy (non-hydrogen) atoms. The monoisotopic (exact) mass is 401 g/mol. The minimum absolute atomic E-state index is 0.189. The van der Waals surface area contributed by atoms with E-state index in [1.165, 1.54) is 7.11 Å². The van der Waals surface area contributed by atoms with Crippen molar-refractivity contribution in [1.29, 1.82) is 0 Å². The zero-order valence-corrected chi connectivity index (χ0v) is 16.2. The van der Waals surface area contributed by atoms with Gasteiger partial charge in [-0.25, -0.2) is 4.79 Å². The molecule has 0 unspecified atom stereocenters. The predicted molar refractivity (Wildman–Crippen MR) is 97.3 cm³/mol. The van der Waals surface area contributed by atoms with E-state index in [-0.39, 0.29) is 24.7 Å². The predicted octanol–water partition coefficient (Wildman–Crippen LogP) is 4.04. The highest BCUT2D eigenvalue weighted by Gasteiger charge is 2.36. The summed E-state index contributed by atoms with van der Waals surface area (Å²) in [5.74, 6) is -1.08. The highest BCUT2D eigenvalue weighted by atomic mass is 35.5. The molecule has 1 aromatic rings. The molecule has 2 atom stereocenters. The van der Waals surface area contributed by atoms with Crippen LogP contribution < -0.4 is 0 Å². The third kappa shape index (κ3) is 5.11. The number of ketones is 1. The Balaban J connectivity index is 2.22. The number of carbonyl (C=O) groups is 3. The number of ether oxygens (including phenoxy) is 2. The topological polar surface area (TPSA) is 72.9 Å². The summed E-state index contributed by atoms with van der Waals surface area (Å²) >= 11 is 12.2. The molecule has 1 aromatic carbocycles. The van der Waals surface area contributed by atoms with Gasteiger partial charge >= 0.3 is 12.1 Å². The Morgan fingerprint density at radius 1 is 1.19 bits per heavy atom. The molecule has 8 heteroatoms. The number of hydrogen-bond acceptors (Lipinski definition) is 5. The van der Waals surface area contributed by atoms with Crippen molar-refractivity contribution >= 4 is 41.0 Å². The fourth-order valence-corrected chi connectivity index (χ4v) is 3.72. The fraction of sp³-hybridized carbons (Fsp3) is 0.500. The lowest BCUT2D eigenvalue weighted by Crippen LogP contribution is -2.43. The van der Waals surface area contributed by atoms with Crippen molar-refractivity contribution in [3.05, 3.63) is 33.8 Å². The second-order valence-electron chi connectivity index (χ2n) is 6.05. The number of likely N-dealkylation sites (tertiary alicyclic amines) is 1. The Bertz CT molecular complexity index is 674. The molecule has 0 aromatic heterocycles. The average molecular weight is 402 g/mol. The summed E-state index contributed by atoms with van der Waals surface area (Å²) in [5.41, 5.74) is 0.724. The van der Waals surface area contributed by atoms with Crippen LogP contribution in [0.25, 0.3) is 0 Å². The van der Waals surface area contributed by atoms with Gasteiger partial charge in [-0.15, -0.1) is 0 Å². The van der Waals surface area contributed by atoms with E-state index in [0.29, 0.717) is 29.4 Å². The molecule has 0 radical (unpaired) electrons. The highest BCUT2D eigenvalue weighted by molar-refractivity contribution is 6.34. The van der Waals surface area contributed by atoms with Crippen LogP contribution in [0.2, 0.25) is 10.0 Å². The second-order valence-corrected chi connectivity index (χ2v) is 6.92. The Labute approximate surface area is 162 Å². The number of methoxy groups -OCH3 is 1. The van der Waals surface area contributed by atoms with Crippen molar-refractivity contribution < 1.29 is 23.9 Å². The summed E-state index contributed by atoms with van der Waals surface area (Å²) in [4.78, 5) is 37.7. The van der Waals surface area contributed by atoms with Crippen LogP contribution in [0.4, 0.5) is 4.79 Å². The molecule has 142 valence electrons. The number of hydrogen-bond donors (Lipinski definition) is 0. The largest absolute Gasteiger partial charge is 0.466 e. The number of rotatable bonds is 5. The first-order valence-electron chi connectivity index (χ1n) is 8.34. The van der Waals surface area contributed by atoms with Gasteiger partial charge in [0.1, 0.15) is 12.2 Å². The number of carbonyl (C=O) groups excluding carboxylic acids is 3. The number of esters is 1. The highest BCUT2D eigenvalue weighted by Crippen LogP contribution is 2.37. The lowest BCUT2D eigenvalue weighted by molar-refractivity contribution is -0.146. The van der Waals surface area contributed by atoms with E-state index in [9.17, 15) is 14.4 Å². The quantitative estimate of drug-likeness (QED) is 0.549. The Morgan fingerprint density at radius 3 is 2.42 bits per heavy atom. The molecule has 0 N–H and O–H groups in total. The molecule has 1 aliphatic rings. The van der Waals surface area contributed by atoms with Crippen molar-refractivity contribution in [2.24, 2.45) is 5.92 Å². The number of benzene rings is 1. The van der Waals surface area contributed by atoms with Gasteiger partial charge in [0.15, 0.2) is 0 Å². The van der Waals surface area contributed by atoms with Crippen molar-refractivity contribution in [3.63, 3.8) is 0 Å². The normalized spacial score (nSPS) is 19.8. The molecule has 0 spiro atoms. The minimum atomic E-state index is -0.532. The lowest BCUT2D eigenvalue weighted by atomic mass is 9.84. The van der Waals surface area contributed by atoms with E-state index >= 15 is 0 Å². The number of amides is 1. The van der Waals surface area contributed by atoms with Crippen LogP contribution in [-0.4, -0.2) is 43.0 Å². The molecule has 1 fully saturated rings. The first kappa shape index (κ1) is 20.5. The number of piperidine rings is 1. The molecule has 2 rings (SSSR count). The Morgan fingerprint density at radius 2 is 1.85 bits per heavy atom. The van der Waals surface area contributed by atoms with Crippen molar-refractivity contribution in [2.75, 3.05) is 20.3 Å². The van der Waals surface area contributed by atoms with Gasteiger partial charge in [0, 0.05) is 22.5 Å². The first-order valence-corrected chi connectivity index (χ1v) is 9.10. The van der Waals surface area contributed by atoms with Crippen molar-refractivity contribution in [1.82, 2.24) is 4.90 Å². The Kier molecular flexibility index (Phi) is 7.29. The fourth-order valence-electron chi connectivity index (χ4n) is 3.18. The molecule has 1 saturated heterocycles. The van der Waals surface area contributed by atoms with Gasteiger partial charge in [-0.05, 0) is 43.5 Å². The number of Topliss-reactive ketones (excluding diaryl/α,β-unsaturated/α-hetero) is 1. The summed E-state index contributed by atoms with van der Waals surface area (Å²) in [6.45, 7) is 2.26. The van der Waals surface area contributed by atoms with E-state index in [0.717, 1.165) is 5.56 Å². The van der Waals surface area contributed by atoms with Crippen LogP contribution in [-0.2, 0) is 19.1 Å². The second kappa shape index (κ2) is 9.24. The minimum Gasteiger partial charge on any atom is -0.466 e. The van der Waals surface area contributed by atoms with E-state index in [4.69, 9.17) is 32.7 Å². The van der Waals surface area contributed by atoms with Crippen molar-refractivity contribution in [3.8, 4) is 0 Å². The van der Waals surface area contributed by atoms with Crippen LogP contribution in [0, 0.1) is 5.92 Å². The molecule has 6 nitrogen and oxygen atoms in total. The van der Waals surface area contributed by atoms with E-state index < -0.39 is 18.1 Å². The van der Waals surface area contributed by atoms with Crippen LogP contribution in [0.1, 0.15) is 37.8 Å². The zero-order chi connectivity index (χ0) is 19.3. The number of halogens is 2. The van der Waals surface area contributed by atoms with Gasteiger partial charge < -0.3 is 14.4 Å². The molecule has 0 aliphatic carbocycles.